The molecule has 3 aromatic rings. The Morgan fingerprint density at radius 2 is 1.48 bits per heavy atom. The molecule has 0 aliphatic rings. The first-order valence-corrected chi connectivity index (χ1v) is 7.67. The molecular formula is C18H12F4N4O. The summed E-state index contributed by atoms with van der Waals surface area (Å²) in [5.74, 6) is -0.978. The van der Waals surface area contributed by atoms with Gasteiger partial charge in [0.1, 0.15) is 5.82 Å². The van der Waals surface area contributed by atoms with Gasteiger partial charge < -0.3 is 10.6 Å². The number of nitrogens with zero attached hydrogens (tertiary/aromatic N) is 2. The first-order valence-electron chi connectivity index (χ1n) is 7.67. The summed E-state index contributed by atoms with van der Waals surface area (Å²) in [4.78, 5) is 12.0. The van der Waals surface area contributed by atoms with Crippen LogP contribution in [0.3, 0.4) is 0 Å². The van der Waals surface area contributed by atoms with Crippen molar-refractivity contribution in [2.75, 3.05) is 10.6 Å². The van der Waals surface area contributed by atoms with Crippen molar-refractivity contribution < 1.29 is 22.4 Å². The van der Waals surface area contributed by atoms with Crippen LogP contribution in [0.2, 0.25) is 0 Å². The molecule has 5 nitrogen and oxygen atoms in total. The molecule has 0 aliphatic carbocycles. The van der Waals surface area contributed by atoms with Crippen LogP contribution in [0, 0.1) is 5.82 Å². The Morgan fingerprint density at radius 1 is 0.852 bits per heavy atom. The molecule has 1 aromatic heterocycles. The van der Waals surface area contributed by atoms with Crippen molar-refractivity contribution in [1.82, 2.24) is 10.2 Å². The van der Waals surface area contributed by atoms with Crippen LogP contribution in [0.4, 0.5) is 34.9 Å². The Bertz CT molecular complexity index is 941. The van der Waals surface area contributed by atoms with E-state index in [-0.39, 0.29) is 17.2 Å². The summed E-state index contributed by atoms with van der Waals surface area (Å²) in [6, 6.07) is 12.8. The minimum atomic E-state index is -4.41. The van der Waals surface area contributed by atoms with Gasteiger partial charge in [0.15, 0.2) is 11.6 Å². The number of hydrogen-bond acceptors (Lipinski definition) is 4. The zero-order valence-electron chi connectivity index (χ0n) is 13.6. The second-order valence-electron chi connectivity index (χ2n) is 5.44. The molecule has 0 saturated carbocycles. The van der Waals surface area contributed by atoms with Gasteiger partial charge in [0, 0.05) is 5.69 Å². The molecule has 1 heterocycles. The summed E-state index contributed by atoms with van der Waals surface area (Å²) >= 11 is 0. The highest BCUT2D eigenvalue weighted by Gasteiger charge is 2.29. The molecule has 0 spiro atoms. The average Bonchev–Trinajstić information content (AvgIpc) is 2.63. The maximum absolute atomic E-state index is 13.6. The summed E-state index contributed by atoms with van der Waals surface area (Å²) in [6.07, 6.45) is -4.41. The normalized spacial score (nSPS) is 11.1. The number of halogens is 4. The van der Waals surface area contributed by atoms with Crippen LogP contribution in [0.25, 0.3) is 0 Å². The summed E-state index contributed by atoms with van der Waals surface area (Å²) in [5.41, 5.74) is -0.503. The second kappa shape index (κ2) is 7.40. The van der Waals surface area contributed by atoms with Gasteiger partial charge in [-0.15, -0.1) is 10.2 Å². The van der Waals surface area contributed by atoms with E-state index in [2.05, 4.69) is 20.8 Å². The molecule has 1 amide bonds. The maximum Gasteiger partial charge on any atom is 0.416 e. The first-order chi connectivity index (χ1) is 12.8. The SMILES string of the molecule is O=C(Nc1ccc(Nc2ccc(C(F)(F)F)cc2)nn1)c1ccccc1F. The Kier molecular flexibility index (Phi) is 5.02. The molecule has 0 saturated heterocycles. The Balaban J connectivity index is 1.65. The highest BCUT2D eigenvalue weighted by Crippen LogP contribution is 2.30. The van der Waals surface area contributed by atoms with E-state index in [0.717, 1.165) is 18.2 Å². The van der Waals surface area contributed by atoms with Crippen LogP contribution in [-0.4, -0.2) is 16.1 Å². The predicted octanol–water partition coefficient (Wildman–Crippen LogP) is 4.63. The molecule has 138 valence electrons. The van der Waals surface area contributed by atoms with Gasteiger partial charge in [-0.25, -0.2) is 4.39 Å². The Hall–Kier alpha value is -3.49. The number of rotatable bonds is 4. The quantitative estimate of drug-likeness (QED) is 0.652. The van der Waals surface area contributed by atoms with Crippen molar-refractivity contribution in [3.05, 3.63) is 77.6 Å². The largest absolute Gasteiger partial charge is 0.416 e. The fraction of sp³-hybridized carbons (Fsp3) is 0.0556. The summed E-state index contributed by atoms with van der Waals surface area (Å²) < 4.78 is 51.2. The fourth-order valence-corrected chi connectivity index (χ4v) is 2.19. The first kappa shape index (κ1) is 18.3. The number of amides is 1. The summed E-state index contributed by atoms with van der Waals surface area (Å²) in [6.45, 7) is 0. The van der Waals surface area contributed by atoms with E-state index >= 15 is 0 Å². The van der Waals surface area contributed by atoms with Gasteiger partial charge in [0.2, 0.25) is 0 Å². The lowest BCUT2D eigenvalue weighted by Gasteiger charge is -2.09. The number of carbonyl (C=O) groups excluding carboxylic acids is 1. The number of anilines is 3. The number of aromatic nitrogens is 2. The number of alkyl halides is 3. The molecule has 0 unspecified atom stereocenters. The molecule has 27 heavy (non-hydrogen) atoms. The standard InChI is InChI=1S/C18H12F4N4O/c19-14-4-2-1-3-13(14)17(27)24-16-10-9-15(25-26-16)23-12-7-5-11(6-8-12)18(20,21)22/h1-10H,(H,23,25)(H,24,26,27). The molecule has 0 fully saturated rings. The lowest BCUT2D eigenvalue weighted by atomic mass is 10.2. The third kappa shape index (κ3) is 4.57. The Morgan fingerprint density at radius 3 is 2.07 bits per heavy atom. The number of nitrogens with one attached hydrogen (secondary N) is 2. The molecule has 0 radical (unpaired) electrons. The zero-order chi connectivity index (χ0) is 19.4. The van der Waals surface area contributed by atoms with Crippen molar-refractivity contribution in [3.8, 4) is 0 Å². The third-order valence-electron chi connectivity index (χ3n) is 3.51. The number of benzene rings is 2. The highest BCUT2D eigenvalue weighted by atomic mass is 19.4. The monoisotopic (exact) mass is 376 g/mol. The molecule has 0 atom stereocenters. The molecule has 0 bridgehead atoms. The van der Waals surface area contributed by atoms with Crippen molar-refractivity contribution in [2.45, 2.75) is 6.18 Å². The van der Waals surface area contributed by atoms with Crippen molar-refractivity contribution >= 4 is 23.2 Å². The van der Waals surface area contributed by atoms with Gasteiger partial charge in [-0.3, -0.25) is 4.79 Å². The van der Waals surface area contributed by atoms with E-state index in [1.54, 1.807) is 0 Å². The minimum absolute atomic E-state index is 0.0984. The minimum Gasteiger partial charge on any atom is -0.339 e. The van der Waals surface area contributed by atoms with Crippen molar-refractivity contribution in [2.24, 2.45) is 0 Å². The molecule has 2 N–H and O–H groups in total. The van der Waals surface area contributed by atoms with Crippen LogP contribution < -0.4 is 10.6 Å². The molecule has 2 aromatic carbocycles. The van der Waals surface area contributed by atoms with Gasteiger partial charge in [0.05, 0.1) is 11.1 Å². The van der Waals surface area contributed by atoms with E-state index in [1.165, 1.54) is 42.5 Å². The van der Waals surface area contributed by atoms with E-state index in [9.17, 15) is 22.4 Å². The van der Waals surface area contributed by atoms with Gasteiger partial charge in [0.25, 0.3) is 5.91 Å². The molecular weight excluding hydrogens is 364 g/mol. The Labute approximate surface area is 151 Å². The number of hydrogen-bond donors (Lipinski definition) is 2. The smallest absolute Gasteiger partial charge is 0.339 e. The van der Waals surface area contributed by atoms with Crippen LogP contribution >= 0.6 is 0 Å². The van der Waals surface area contributed by atoms with E-state index < -0.39 is 23.5 Å². The van der Waals surface area contributed by atoms with Crippen LogP contribution in [0.15, 0.2) is 60.7 Å². The lowest BCUT2D eigenvalue weighted by molar-refractivity contribution is -0.137. The maximum atomic E-state index is 13.6. The van der Waals surface area contributed by atoms with Gasteiger partial charge in [-0.2, -0.15) is 13.2 Å². The molecule has 3 rings (SSSR count). The van der Waals surface area contributed by atoms with Crippen molar-refractivity contribution in [3.63, 3.8) is 0 Å². The molecule has 0 aliphatic heterocycles. The van der Waals surface area contributed by atoms with E-state index in [4.69, 9.17) is 0 Å². The summed E-state index contributed by atoms with van der Waals surface area (Å²) in [5, 5.41) is 12.8. The second-order valence-corrected chi connectivity index (χ2v) is 5.44. The summed E-state index contributed by atoms with van der Waals surface area (Å²) in [7, 11) is 0. The molecule has 9 heteroatoms. The van der Waals surface area contributed by atoms with Crippen LogP contribution in [-0.2, 0) is 6.18 Å². The predicted molar refractivity (Wildman–Crippen MR) is 91.1 cm³/mol. The highest BCUT2D eigenvalue weighted by molar-refractivity contribution is 6.03. The van der Waals surface area contributed by atoms with Crippen molar-refractivity contribution in [1.29, 1.82) is 0 Å². The zero-order valence-corrected chi connectivity index (χ0v) is 13.6. The van der Waals surface area contributed by atoms with E-state index in [0.29, 0.717) is 5.69 Å². The lowest BCUT2D eigenvalue weighted by Crippen LogP contribution is -2.15. The third-order valence-corrected chi connectivity index (χ3v) is 3.51. The average molecular weight is 376 g/mol. The fourth-order valence-electron chi connectivity index (χ4n) is 2.19. The van der Waals surface area contributed by atoms with Gasteiger partial charge in [-0.05, 0) is 48.5 Å². The van der Waals surface area contributed by atoms with Gasteiger partial charge in [-0.1, -0.05) is 12.1 Å². The van der Waals surface area contributed by atoms with Crippen LogP contribution in [0.1, 0.15) is 15.9 Å². The van der Waals surface area contributed by atoms with Gasteiger partial charge >= 0.3 is 6.18 Å². The van der Waals surface area contributed by atoms with E-state index in [1.807, 2.05) is 0 Å². The topological polar surface area (TPSA) is 66.9 Å². The number of carbonyl (C=O) groups is 1. The van der Waals surface area contributed by atoms with Crippen LogP contribution in [0.5, 0.6) is 0 Å².